The smallest absolute Gasteiger partial charge is 0.321 e. The number of morpholine rings is 1. The molecule has 2 N–H and O–H groups in total. The van der Waals surface area contributed by atoms with Crippen molar-refractivity contribution >= 4 is 27.4 Å². The first-order valence-corrected chi connectivity index (χ1v) is 12.9. The van der Waals surface area contributed by atoms with Crippen molar-refractivity contribution in [2.24, 2.45) is 0 Å². The molecule has 1 aromatic carbocycles. The minimum Gasteiger partial charge on any atom is -0.372 e. The highest BCUT2D eigenvalue weighted by atomic mass is 32.2. The van der Waals surface area contributed by atoms with Gasteiger partial charge in [-0.15, -0.1) is 0 Å². The largest absolute Gasteiger partial charge is 0.372 e. The first-order valence-electron chi connectivity index (χ1n) is 11.4. The molecule has 1 aromatic rings. The normalized spacial score (nSPS) is 23.3. The molecule has 9 heteroatoms. The third kappa shape index (κ3) is 5.94. The Hall–Kier alpha value is -1.84. The molecule has 3 rings (SSSR count). The topological polar surface area (TPSA) is 91.0 Å². The molecular formula is C23H38N4O4S. The molecule has 0 bridgehead atoms. The van der Waals surface area contributed by atoms with Crippen molar-refractivity contribution in [3.8, 4) is 0 Å². The Kier molecular flexibility index (Phi) is 7.41. The number of hydrogen-bond donors (Lipinski definition) is 2. The second-order valence-corrected chi connectivity index (χ2v) is 12.6. The van der Waals surface area contributed by atoms with Gasteiger partial charge in [0.1, 0.15) is 0 Å². The van der Waals surface area contributed by atoms with Crippen LogP contribution in [0.4, 0.5) is 16.2 Å². The van der Waals surface area contributed by atoms with Crippen molar-refractivity contribution < 1.29 is 17.9 Å². The Morgan fingerprint density at radius 1 is 1.09 bits per heavy atom. The van der Waals surface area contributed by atoms with Crippen LogP contribution in [-0.4, -0.2) is 68.5 Å². The number of ether oxygens (including phenoxy) is 1. The van der Waals surface area contributed by atoms with Gasteiger partial charge in [-0.2, -0.15) is 0 Å². The van der Waals surface area contributed by atoms with Gasteiger partial charge in [0, 0.05) is 43.6 Å². The summed E-state index contributed by atoms with van der Waals surface area (Å²) >= 11 is 0. The molecule has 32 heavy (non-hydrogen) atoms. The number of rotatable bonds is 4. The number of benzene rings is 1. The van der Waals surface area contributed by atoms with E-state index in [-0.39, 0.29) is 24.3 Å². The highest BCUT2D eigenvalue weighted by molar-refractivity contribution is 7.90. The summed E-state index contributed by atoms with van der Waals surface area (Å²) in [5.74, 6) is 0. The van der Waals surface area contributed by atoms with Crippen LogP contribution in [0.25, 0.3) is 0 Å². The number of amides is 2. The number of nitrogens with zero attached hydrogens (tertiary/aromatic N) is 2. The van der Waals surface area contributed by atoms with E-state index in [0.717, 1.165) is 30.0 Å². The summed E-state index contributed by atoms with van der Waals surface area (Å²) in [5.41, 5.74) is 3.04. The molecule has 2 heterocycles. The van der Waals surface area contributed by atoms with Crippen LogP contribution in [0.1, 0.15) is 53.0 Å². The molecular weight excluding hydrogens is 428 g/mol. The minimum absolute atomic E-state index is 0.136. The fraction of sp³-hybridized carbons (Fsp3) is 0.696. The van der Waals surface area contributed by atoms with E-state index in [1.165, 1.54) is 0 Å². The molecule has 2 aliphatic rings. The molecule has 8 nitrogen and oxygen atoms in total. The lowest BCUT2D eigenvalue weighted by molar-refractivity contribution is -0.00524. The van der Waals surface area contributed by atoms with Crippen molar-refractivity contribution in [3.63, 3.8) is 0 Å². The van der Waals surface area contributed by atoms with Crippen LogP contribution >= 0.6 is 0 Å². The Bertz CT molecular complexity index is 910. The van der Waals surface area contributed by atoms with Gasteiger partial charge in [0.2, 0.25) is 10.0 Å². The third-order valence-electron chi connectivity index (χ3n) is 6.12. The Labute approximate surface area is 192 Å². The first kappa shape index (κ1) is 24.8. The molecule has 2 aliphatic heterocycles. The number of urea groups is 1. The van der Waals surface area contributed by atoms with E-state index in [1.54, 1.807) is 25.7 Å². The summed E-state index contributed by atoms with van der Waals surface area (Å²) in [4.78, 5) is 16.8. The number of nitrogens with one attached hydrogen (secondary N) is 2. The number of likely N-dealkylation sites (tertiary alicyclic amines) is 1. The predicted octanol–water partition coefficient (Wildman–Crippen LogP) is 3.32. The van der Waals surface area contributed by atoms with E-state index in [2.05, 4.69) is 41.8 Å². The fourth-order valence-corrected chi connectivity index (χ4v) is 5.29. The Morgan fingerprint density at radius 2 is 1.69 bits per heavy atom. The summed E-state index contributed by atoms with van der Waals surface area (Å²) in [6, 6.07) is 5.71. The maximum Gasteiger partial charge on any atom is 0.321 e. The minimum atomic E-state index is -3.39. The van der Waals surface area contributed by atoms with Crippen LogP contribution in [-0.2, 0) is 14.8 Å². The first-order chi connectivity index (χ1) is 14.9. The quantitative estimate of drug-likeness (QED) is 0.710. The standard InChI is InChI=1S/C23H38N4O4S/c1-16-13-20(7-8-21(16)27-14-17(2)31-18(3)15-27)24-22(28)26-11-9-19(10-12-26)25-32(29,30)23(4,5)6/h7-8,13,17-19,25H,9-12,14-15H2,1-6H3,(H,24,28)/t17-,18+. The van der Waals surface area contributed by atoms with Crippen molar-refractivity contribution in [2.45, 2.75) is 77.4 Å². The zero-order valence-electron chi connectivity index (χ0n) is 20.1. The van der Waals surface area contributed by atoms with Crippen LogP contribution in [0, 0.1) is 6.92 Å². The van der Waals surface area contributed by atoms with Gasteiger partial charge in [0.25, 0.3) is 0 Å². The summed E-state index contributed by atoms with van der Waals surface area (Å²) in [6.45, 7) is 14.0. The molecule has 2 saturated heterocycles. The molecule has 0 radical (unpaired) electrons. The van der Waals surface area contributed by atoms with Crippen molar-refractivity contribution in [2.75, 3.05) is 36.4 Å². The van der Waals surface area contributed by atoms with E-state index in [0.29, 0.717) is 25.9 Å². The second-order valence-electron chi connectivity index (χ2n) is 10.1. The average Bonchev–Trinajstić information content (AvgIpc) is 2.66. The van der Waals surface area contributed by atoms with Gasteiger partial charge in [-0.1, -0.05) is 0 Å². The van der Waals surface area contributed by atoms with Crippen LogP contribution in [0.2, 0.25) is 0 Å². The van der Waals surface area contributed by atoms with Gasteiger partial charge >= 0.3 is 6.03 Å². The molecule has 0 spiro atoms. The van der Waals surface area contributed by atoms with Crippen LogP contribution in [0.5, 0.6) is 0 Å². The number of carbonyl (C=O) groups is 1. The lowest BCUT2D eigenvalue weighted by Gasteiger charge is -2.37. The molecule has 0 aromatic heterocycles. The number of carbonyl (C=O) groups excluding carboxylic acids is 1. The van der Waals surface area contributed by atoms with Crippen molar-refractivity contribution in [3.05, 3.63) is 23.8 Å². The molecule has 0 saturated carbocycles. The molecule has 0 aliphatic carbocycles. The highest BCUT2D eigenvalue weighted by Crippen LogP contribution is 2.27. The zero-order chi connectivity index (χ0) is 23.7. The second kappa shape index (κ2) is 9.57. The fourth-order valence-electron chi connectivity index (χ4n) is 4.26. The molecule has 2 amide bonds. The van der Waals surface area contributed by atoms with E-state index >= 15 is 0 Å². The zero-order valence-corrected chi connectivity index (χ0v) is 21.0. The van der Waals surface area contributed by atoms with Gasteiger partial charge < -0.3 is 19.9 Å². The Morgan fingerprint density at radius 3 is 2.22 bits per heavy atom. The lowest BCUT2D eigenvalue weighted by Crippen LogP contribution is -2.50. The van der Waals surface area contributed by atoms with E-state index in [4.69, 9.17) is 4.74 Å². The summed E-state index contributed by atoms with van der Waals surface area (Å²) in [6.07, 6.45) is 1.59. The summed E-state index contributed by atoms with van der Waals surface area (Å²) < 4.78 is 32.5. The maximum absolute atomic E-state index is 12.8. The van der Waals surface area contributed by atoms with Crippen LogP contribution in [0.3, 0.4) is 0 Å². The maximum atomic E-state index is 12.8. The molecule has 0 unspecified atom stereocenters. The summed E-state index contributed by atoms with van der Waals surface area (Å²) in [7, 11) is -3.39. The van der Waals surface area contributed by atoms with Gasteiger partial charge in [-0.3, -0.25) is 0 Å². The third-order valence-corrected chi connectivity index (χ3v) is 8.37. The van der Waals surface area contributed by atoms with Gasteiger partial charge in [0.05, 0.1) is 17.0 Å². The number of hydrogen-bond acceptors (Lipinski definition) is 5. The number of anilines is 2. The number of aryl methyl sites for hydroxylation is 1. The average molecular weight is 467 g/mol. The SMILES string of the molecule is Cc1cc(NC(=O)N2CCC(NS(=O)(=O)C(C)(C)C)CC2)ccc1N1C[C@@H](C)O[C@@H](C)C1. The Balaban J connectivity index is 1.55. The molecule has 2 fully saturated rings. The highest BCUT2D eigenvalue weighted by Gasteiger charge is 2.33. The van der Waals surface area contributed by atoms with Gasteiger partial charge in [-0.25, -0.2) is 17.9 Å². The predicted molar refractivity (Wildman–Crippen MR) is 129 cm³/mol. The van der Waals surface area contributed by atoms with E-state index < -0.39 is 14.8 Å². The monoisotopic (exact) mass is 466 g/mol. The number of piperidine rings is 1. The van der Waals surface area contributed by atoms with Crippen molar-refractivity contribution in [1.29, 1.82) is 0 Å². The van der Waals surface area contributed by atoms with Crippen molar-refractivity contribution in [1.82, 2.24) is 9.62 Å². The summed E-state index contributed by atoms with van der Waals surface area (Å²) in [5, 5.41) is 2.99. The van der Waals surface area contributed by atoms with E-state index in [1.807, 2.05) is 12.1 Å². The van der Waals surface area contributed by atoms with Gasteiger partial charge in [-0.05, 0) is 78.1 Å². The molecule has 2 atom stereocenters. The van der Waals surface area contributed by atoms with Crippen LogP contribution < -0.4 is 14.9 Å². The lowest BCUT2D eigenvalue weighted by atomic mass is 10.1. The number of sulfonamides is 1. The van der Waals surface area contributed by atoms with E-state index in [9.17, 15) is 13.2 Å². The molecule has 180 valence electrons. The van der Waals surface area contributed by atoms with Crippen LogP contribution in [0.15, 0.2) is 18.2 Å². The van der Waals surface area contributed by atoms with Gasteiger partial charge in [0.15, 0.2) is 0 Å².